The second kappa shape index (κ2) is 5.36. The van der Waals surface area contributed by atoms with E-state index in [0.717, 1.165) is 39.6 Å². The predicted molar refractivity (Wildman–Crippen MR) is 77.7 cm³/mol. The fraction of sp³-hybridized carbons (Fsp3) is 0.286. The topological polar surface area (TPSA) is 48.7 Å². The lowest BCUT2D eigenvalue weighted by atomic mass is 10.1. The van der Waals surface area contributed by atoms with Crippen molar-refractivity contribution in [1.29, 1.82) is 5.26 Å². The van der Waals surface area contributed by atoms with Crippen LogP contribution in [0.4, 0.5) is 5.69 Å². The molecule has 1 N–H and O–H groups in total. The summed E-state index contributed by atoms with van der Waals surface area (Å²) in [6.07, 6.45) is 2.65. The Labute approximate surface area is 115 Å². The molecule has 1 aromatic carbocycles. The monoisotopic (exact) mass is 303 g/mol. The van der Waals surface area contributed by atoms with Crippen molar-refractivity contribution in [2.75, 3.05) is 11.9 Å². The molecule has 0 saturated carbocycles. The van der Waals surface area contributed by atoms with Crippen molar-refractivity contribution in [1.82, 2.24) is 4.98 Å². The third kappa shape index (κ3) is 2.19. The molecule has 92 valence electrons. The van der Waals surface area contributed by atoms with Crippen LogP contribution >= 0.6 is 15.9 Å². The van der Waals surface area contributed by atoms with Gasteiger partial charge in [0.25, 0.3) is 0 Å². The number of hydrogen-bond acceptors (Lipinski definition) is 3. The molecule has 2 aromatic rings. The summed E-state index contributed by atoms with van der Waals surface area (Å²) in [5.41, 5.74) is 3.51. The second-order valence-electron chi connectivity index (χ2n) is 4.18. The summed E-state index contributed by atoms with van der Waals surface area (Å²) in [5, 5.41) is 13.5. The average molecular weight is 304 g/mol. The molecule has 0 aliphatic rings. The Morgan fingerprint density at radius 1 is 1.44 bits per heavy atom. The van der Waals surface area contributed by atoms with E-state index in [1.807, 2.05) is 19.1 Å². The van der Waals surface area contributed by atoms with Crippen LogP contribution in [0, 0.1) is 18.3 Å². The normalized spacial score (nSPS) is 10.3. The number of aryl methyl sites for hydroxylation is 1. The van der Waals surface area contributed by atoms with Gasteiger partial charge in [-0.3, -0.25) is 4.98 Å². The van der Waals surface area contributed by atoms with Crippen LogP contribution in [-0.4, -0.2) is 11.5 Å². The second-order valence-corrected chi connectivity index (χ2v) is 4.97. The lowest BCUT2D eigenvalue weighted by Crippen LogP contribution is -2.03. The number of nitrogens with zero attached hydrogens (tertiary/aromatic N) is 2. The lowest BCUT2D eigenvalue weighted by molar-refractivity contribution is 0.980. The summed E-state index contributed by atoms with van der Waals surface area (Å²) in [5.74, 6) is 0. The molecule has 1 aromatic heterocycles. The Hall–Kier alpha value is -1.60. The Balaban J connectivity index is 2.70. The van der Waals surface area contributed by atoms with Crippen LogP contribution in [0.2, 0.25) is 0 Å². The van der Waals surface area contributed by atoms with Crippen molar-refractivity contribution in [3.63, 3.8) is 0 Å². The van der Waals surface area contributed by atoms with Gasteiger partial charge in [-0.25, -0.2) is 0 Å². The van der Waals surface area contributed by atoms with Crippen molar-refractivity contribution in [3.05, 3.63) is 33.9 Å². The van der Waals surface area contributed by atoms with Gasteiger partial charge < -0.3 is 5.32 Å². The molecule has 0 spiro atoms. The maximum Gasteiger partial charge on any atom is 0.103 e. The SMILES string of the molecule is CCCNc1c(C#N)cnc2c(Br)c(C)ccc12. The smallest absolute Gasteiger partial charge is 0.103 e. The number of hydrogen-bond donors (Lipinski definition) is 1. The third-order valence-electron chi connectivity index (χ3n) is 2.84. The van der Waals surface area contributed by atoms with E-state index in [2.05, 4.69) is 39.2 Å². The van der Waals surface area contributed by atoms with E-state index in [9.17, 15) is 0 Å². The molecule has 0 aliphatic carbocycles. The van der Waals surface area contributed by atoms with E-state index in [1.54, 1.807) is 6.20 Å². The molecule has 3 nitrogen and oxygen atoms in total. The molecule has 0 atom stereocenters. The number of pyridine rings is 1. The van der Waals surface area contributed by atoms with Crippen molar-refractivity contribution < 1.29 is 0 Å². The van der Waals surface area contributed by atoms with Crippen molar-refractivity contribution in [2.45, 2.75) is 20.3 Å². The van der Waals surface area contributed by atoms with E-state index in [4.69, 9.17) is 5.26 Å². The standard InChI is InChI=1S/C14H14BrN3/c1-3-6-17-13-10(7-16)8-18-14-11(13)5-4-9(2)12(14)15/h4-5,8H,3,6H2,1-2H3,(H,17,18). The Bertz CT molecular complexity index is 629. The maximum atomic E-state index is 9.16. The minimum atomic E-state index is 0.590. The number of halogens is 1. The van der Waals surface area contributed by atoms with Crippen molar-refractivity contribution in [3.8, 4) is 6.07 Å². The van der Waals surface area contributed by atoms with Gasteiger partial charge in [-0.2, -0.15) is 5.26 Å². The summed E-state index contributed by atoms with van der Waals surface area (Å²) in [4.78, 5) is 4.37. The van der Waals surface area contributed by atoms with Crippen LogP contribution in [0.1, 0.15) is 24.5 Å². The summed E-state index contributed by atoms with van der Waals surface area (Å²) in [6, 6.07) is 6.24. The molecule has 0 amide bonds. The zero-order chi connectivity index (χ0) is 13.1. The molecule has 0 aliphatic heterocycles. The summed E-state index contributed by atoms with van der Waals surface area (Å²) in [6.45, 7) is 4.98. The Morgan fingerprint density at radius 3 is 2.89 bits per heavy atom. The first-order chi connectivity index (χ1) is 8.69. The quantitative estimate of drug-likeness (QED) is 0.932. The number of anilines is 1. The minimum absolute atomic E-state index is 0.590. The van der Waals surface area contributed by atoms with Gasteiger partial charge in [0.05, 0.1) is 16.8 Å². The van der Waals surface area contributed by atoms with Gasteiger partial charge >= 0.3 is 0 Å². The highest BCUT2D eigenvalue weighted by Gasteiger charge is 2.11. The van der Waals surface area contributed by atoms with E-state index < -0.39 is 0 Å². The zero-order valence-electron chi connectivity index (χ0n) is 10.4. The largest absolute Gasteiger partial charge is 0.383 e. The first-order valence-corrected chi connectivity index (χ1v) is 6.70. The third-order valence-corrected chi connectivity index (χ3v) is 3.84. The average Bonchev–Trinajstić information content (AvgIpc) is 2.40. The van der Waals surface area contributed by atoms with Crippen LogP contribution in [0.5, 0.6) is 0 Å². The molecular formula is C14H14BrN3. The fourth-order valence-corrected chi connectivity index (χ4v) is 2.31. The molecule has 0 saturated heterocycles. The van der Waals surface area contributed by atoms with Crippen LogP contribution in [0.3, 0.4) is 0 Å². The van der Waals surface area contributed by atoms with E-state index in [0.29, 0.717) is 5.56 Å². The van der Waals surface area contributed by atoms with E-state index >= 15 is 0 Å². The Morgan fingerprint density at radius 2 is 2.22 bits per heavy atom. The molecule has 0 radical (unpaired) electrons. The molecule has 2 rings (SSSR count). The van der Waals surface area contributed by atoms with E-state index in [-0.39, 0.29) is 0 Å². The molecule has 18 heavy (non-hydrogen) atoms. The van der Waals surface area contributed by atoms with Crippen LogP contribution in [0.25, 0.3) is 10.9 Å². The lowest BCUT2D eigenvalue weighted by Gasteiger charge is -2.12. The van der Waals surface area contributed by atoms with Crippen molar-refractivity contribution in [2.24, 2.45) is 0 Å². The van der Waals surface area contributed by atoms with Gasteiger partial charge in [0, 0.05) is 22.6 Å². The molecule has 4 heteroatoms. The van der Waals surface area contributed by atoms with Gasteiger partial charge in [-0.1, -0.05) is 19.1 Å². The molecular weight excluding hydrogens is 290 g/mol. The number of rotatable bonds is 3. The van der Waals surface area contributed by atoms with Gasteiger partial charge in [-0.05, 0) is 34.8 Å². The molecule has 0 fully saturated rings. The number of aromatic nitrogens is 1. The minimum Gasteiger partial charge on any atom is -0.383 e. The molecule has 0 bridgehead atoms. The first-order valence-electron chi connectivity index (χ1n) is 5.90. The van der Waals surface area contributed by atoms with Crippen LogP contribution in [-0.2, 0) is 0 Å². The zero-order valence-corrected chi connectivity index (χ0v) is 12.0. The molecule has 1 heterocycles. The fourth-order valence-electron chi connectivity index (χ4n) is 1.86. The summed E-state index contributed by atoms with van der Waals surface area (Å²) >= 11 is 3.56. The Kier molecular flexibility index (Phi) is 3.83. The number of benzene rings is 1. The summed E-state index contributed by atoms with van der Waals surface area (Å²) < 4.78 is 0.990. The predicted octanol–water partition coefficient (Wildman–Crippen LogP) is 4.00. The van der Waals surface area contributed by atoms with Crippen molar-refractivity contribution >= 4 is 32.5 Å². The van der Waals surface area contributed by atoms with Gasteiger partial charge in [0.1, 0.15) is 6.07 Å². The highest BCUT2D eigenvalue weighted by molar-refractivity contribution is 9.10. The van der Waals surface area contributed by atoms with Crippen LogP contribution in [0.15, 0.2) is 22.8 Å². The van der Waals surface area contributed by atoms with E-state index in [1.165, 1.54) is 0 Å². The highest BCUT2D eigenvalue weighted by atomic mass is 79.9. The van der Waals surface area contributed by atoms with Crippen LogP contribution < -0.4 is 5.32 Å². The van der Waals surface area contributed by atoms with Gasteiger partial charge in [-0.15, -0.1) is 0 Å². The summed E-state index contributed by atoms with van der Waals surface area (Å²) in [7, 11) is 0. The van der Waals surface area contributed by atoms with Gasteiger partial charge in [0.2, 0.25) is 0 Å². The number of fused-ring (bicyclic) bond motifs is 1. The first kappa shape index (κ1) is 12.8. The highest BCUT2D eigenvalue weighted by Crippen LogP contribution is 2.32. The number of nitrogens with one attached hydrogen (secondary N) is 1. The molecule has 0 unspecified atom stereocenters. The van der Waals surface area contributed by atoms with Gasteiger partial charge in [0.15, 0.2) is 0 Å². The maximum absolute atomic E-state index is 9.16. The number of nitriles is 1.